The number of halogens is 1. The highest BCUT2D eigenvalue weighted by atomic mass is 19.1. The number of hydrogen-bond donors (Lipinski definition) is 1. The van der Waals surface area contributed by atoms with Crippen molar-refractivity contribution in [2.45, 2.75) is 32.5 Å². The van der Waals surface area contributed by atoms with Crippen molar-refractivity contribution in [1.29, 1.82) is 0 Å². The molecular formula is C16H20FNO2. The lowest BCUT2D eigenvalue weighted by Crippen LogP contribution is -2.38. The van der Waals surface area contributed by atoms with Crippen LogP contribution in [0, 0.1) is 5.82 Å². The van der Waals surface area contributed by atoms with Crippen LogP contribution in [-0.2, 0) is 13.1 Å². The highest BCUT2D eigenvalue weighted by Crippen LogP contribution is 2.16. The van der Waals surface area contributed by atoms with Gasteiger partial charge in [0, 0.05) is 18.7 Å². The lowest BCUT2D eigenvalue weighted by atomic mass is 10.1. The first kappa shape index (κ1) is 14.8. The van der Waals surface area contributed by atoms with Crippen molar-refractivity contribution >= 4 is 0 Å². The van der Waals surface area contributed by atoms with Crippen molar-refractivity contribution in [2.75, 3.05) is 6.54 Å². The largest absolute Gasteiger partial charge is 0.468 e. The van der Waals surface area contributed by atoms with Gasteiger partial charge in [-0.2, -0.15) is 0 Å². The Labute approximate surface area is 118 Å². The van der Waals surface area contributed by atoms with Crippen LogP contribution in [0.4, 0.5) is 4.39 Å². The van der Waals surface area contributed by atoms with Crippen molar-refractivity contribution < 1.29 is 13.9 Å². The third kappa shape index (κ3) is 4.47. The minimum absolute atomic E-state index is 0.229. The van der Waals surface area contributed by atoms with Gasteiger partial charge in [0.1, 0.15) is 11.6 Å². The van der Waals surface area contributed by atoms with E-state index in [2.05, 4.69) is 0 Å². The fourth-order valence-electron chi connectivity index (χ4n) is 2.21. The average Bonchev–Trinajstić information content (AvgIpc) is 2.82. The predicted molar refractivity (Wildman–Crippen MR) is 75.5 cm³/mol. The molecule has 1 aromatic carbocycles. The quantitative estimate of drug-likeness (QED) is 0.881. The molecule has 0 atom stereocenters. The maximum absolute atomic E-state index is 13.7. The highest BCUT2D eigenvalue weighted by molar-refractivity contribution is 5.17. The number of furan rings is 1. The van der Waals surface area contributed by atoms with E-state index in [1.807, 2.05) is 23.1 Å². The first-order chi connectivity index (χ1) is 9.44. The van der Waals surface area contributed by atoms with Crippen LogP contribution in [0.2, 0.25) is 0 Å². The molecule has 0 bridgehead atoms. The van der Waals surface area contributed by atoms with Crippen LogP contribution in [0.3, 0.4) is 0 Å². The first-order valence-electron chi connectivity index (χ1n) is 6.64. The van der Waals surface area contributed by atoms with Crippen LogP contribution in [-0.4, -0.2) is 22.2 Å². The molecule has 0 radical (unpaired) electrons. The van der Waals surface area contributed by atoms with E-state index in [9.17, 15) is 9.50 Å². The van der Waals surface area contributed by atoms with Gasteiger partial charge in [-0.3, -0.25) is 4.90 Å². The number of rotatable bonds is 6. The second-order valence-corrected chi connectivity index (χ2v) is 5.63. The number of benzene rings is 1. The van der Waals surface area contributed by atoms with Crippen molar-refractivity contribution in [2.24, 2.45) is 0 Å². The minimum atomic E-state index is -0.849. The van der Waals surface area contributed by atoms with Crippen LogP contribution in [0.25, 0.3) is 0 Å². The van der Waals surface area contributed by atoms with E-state index >= 15 is 0 Å². The van der Waals surface area contributed by atoms with Gasteiger partial charge in [0.15, 0.2) is 0 Å². The summed E-state index contributed by atoms with van der Waals surface area (Å²) in [5.74, 6) is 0.568. The fraction of sp³-hybridized carbons (Fsp3) is 0.375. The zero-order valence-corrected chi connectivity index (χ0v) is 11.8. The third-order valence-electron chi connectivity index (χ3n) is 2.92. The second-order valence-electron chi connectivity index (χ2n) is 5.63. The maximum Gasteiger partial charge on any atom is 0.127 e. The molecule has 0 fully saturated rings. The van der Waals surface area contributed by atoms with Crippen LogP contribution < -0.4 is 0 Å². The Balaban J connectivity index is 2.12. The summed E-state index contributed by atoms with van der Waals surface area (Å²) in [5, 5.41) is 10.00. The van der Waals surface area contributed by atoms with Gasteiger partial charge >= 0.3 is 0 Å². The maximum atomic E-state index is 13.7. The molecular weight excluding hydrogens is 257 g/mol. The molecule has 1 heterocycles. The van der Waals surface area contributed by atoms with Crippen LogP contribution >= 0.6 is 0 Å². The topological polar surface area (TPSA) is 36.6 Å². The van der Waals surface area contributed by atoms with Crippen molar-refractivity contribution in [3.05, 3.63) is 59.8 Å². The molecule has 0 unspecified atom stereocenters. The standard InChI is InChI=1S/C16H20FNO2/c1-16(2,19)12-18(11-14-7-5-9-20-14)10-13-6-3-4-8-15(13)17/h3-9,19H,10-12H2,1-2H3. The fourth-order valence-corrected chi connectivity index (χ4v) is 2.21. The molecule has 1 aromatic heterocycles. The lowest BCUT2D eigenvalue weighted by Gasteiger charge is -2.28. The van der Waals surface area contributed by atoms with E-state index in [4.69, 9.17) is 4.42 Å². The Hall–Kier alpha value is -1.65. The van der Waals surface area contributed by atoms with Gasteiger partial charge in [-0.1, -0.05) is 18.2 Å². The summed E-state index contributed by atoms with van der Waals surface area (Å²) in [6.45, 7) is 4.87. The van der Waals surface area contributed by atoms with E-state index in [1.54, 1.807) is 32.2 Å². The molecule has 2 rings (SSSR count). The summed E-state index contributed by atoms with van der Waals surface area (Å²) in [4.78, 5) is 1.97. The molecule has 3 nitrogen and oxygen atoms in total. The van der Waals surface area contributed by atoms with Gasteiger partial charge in [-0.05, 0) is 32.0 Å². The molecule has 0 amide bonds. The zero-order valence-electron chi connectivity index (χ0n) is 11.8. The van der Waals surface area contributed by atoms with Crippen molar-refractivity contribution in [3.63, 3.8) is 0 Å². The summed E-state index contributed by atoms with van der Waals surface area (Å²) >= 11 is 0. The SMILES string of the molecule is CC(C)(O)CN(Cc1ccco1)Cc1ccccc1F. The molecule has 0 saturated heterocycles. The molecule has 0 aliphatic heterocycles. The van der Waals surface area contributed by atoms with E-state index in [0.717, 1.165) is 5.76 Å². The van der Waals surface area contributed by atoms with Gasteiger partial charge in [0.2, 0.25) is 0 Å². The van der Waals surface area contributed by atoms with Crippen LogP contribution in [0.15, 0.2) is 47.1 Å². The number of aliphatic hydroxyl groups is 1. The molecule has 4 heteroatoms. The average molecular weight is 277 g/mol. The smallest absolute Gasteiger partial charge is 0.127 e. The van der Waals surface area contributed by atoms with E-state index < -0.39 is 5.60 Å². The number of nitrogens with zero attached hydrogens (tertiary/aromatic N) is 1. The molecule has 0 aliphatic carbocycles. The summed E-state index contributed by atoms with van der Waals surface area (Å²) in [5.41, 5.74) is -0.235. The van der Waals surface area contributed by atoms with Gasteiger partial charge in [-0.25, -0.2) is 4.39 Å². The monoisotopic (exact) mass is 277 g/mol. The first-order valence-corrected chi connectivity index (χ1v) is 6.64. The minimum Gasteiger partial charge on any atom is -0.468 e. The molecule has 1 N–H and O–H groups in total. The Kier molecular flexibility index (Phi) is 4.57. The van der Waals surface area contributed by atoms with E-state index in [0.29, 0.717) is 25.2 Å². The van der Waals surface area contributed by atoms with Gasteiger partial charge < -0.3 is 9.52 Å². The zero-order chi connectivity index (χ0) is 14.6. The Morgan fingerprint density at radius 3 is 2.50 bits per heavy atom. The normalized spacial score (nSPS) is 12.1. The molecule has 0 spiro atoms. The molecule has 0 aliphatic rings. The summed E-state index contributed by atoms with van der Waals surface area (Å²) < 4.78 is 19.1. The van der Waals surface area contributed by atoms with Crippen molar-refractivity contribution in [3.8, 4) is 0 Å². The molecule has 2 aromatic rings. The highest BCUT2D eigenvalue weighted by Gasteiger charge is 2.20. The Morgan fingerprint density at radius 2 is 1.90 bits per heavy atom. The predicted octanol–water partition coefficient (Wildman–Crippen LogP) is 3.19. The Morgan fingerprint density at radius 1 is 1.15 bits per heavy atom. The summed E-state index contributed by atoms with van der Waals surface area (Å²) in [6.07, 6.45) is 1.61. The van der Waals surface area contributed by atoms with Crippen LogP contribution in [0.1, 0.15) is 25.2 Å². The van der Waals surface area contributed by atoms with Crippen LogP contribution in [0.5, 0.6) is 0 Å². The second kappa shape index (κ2) is 6.20. The van der Waals surface area contributed by atoms with Crippen molar-refractivity contribution in [1.82, 2.24) is 4.90 Å². The van der Waals surface area contributed by atoms with E-state index in [1.165, 1.54) is 6.07 Å². The lowest BCUT2D eigenvalue weighted by molar-refractivity contribution is 0.0282. The summed E-state index contributed by atoms with van der Waals surface area (Å²) in [7, 11) is 0. The molecule has 108 valence electrons. The third-order valence-corrected chi connectivity index (χ3v) is 2.92. The summed E-state index contributed by atoms with van der Waals surface area (Å²) in [6, 6.07) is 10.4. The van der Waals surface area contributed by atoms with Gasteiger partial charge in [0.25, 0.3) is 0 Å². The number of hydrogen-bond acceptors (Lipinski definition) is 3. The molecule has 20 heavy (non-hydrogen) atoms. The van der Waals surface area contributed by atoms with Gasteiger partial charge in [0.05, 0.1) is 18.4 Å². The van der Waals surface area contributed by atoms with Gasteiger partial charge in [-0.15, -0.1) is 0 Å². The Bertz CT molecular complexity index is 532. The molecule has 0 saturated carbocycles. The van der Waals surface area contributed by atoms with E-state index in [-0.39, 0.29) is 5.82 Å².